The first-order chi connectivity index (χ1) is 11.6. The molecule has 0 saturated carbocycles. The predicted octanol–water partition coefficient (Wildman–Crippen LogP) is 2.24. The quantitative estimate of drug-likeness (QED) is 0.781. The molecule has 2 aromatic heterocycles. The Labute approximate surface area is 139 Å². The first kappa shape index (κ1) is 15.8. The number of amides is 1. The summed E-state index contributed by atoms with van der Waals surface area (Å²) in [5, 5.41) is 11.3. The van der Waals surface area contributed by atoms with Gasteiger partial charge in [-0.2, -0.15) is 10.2 Å². The second kappa shape index (κ2) is 6.57. The number of anilines is 1. The molecule has 0 radical (unpaired) electrons. The Bertz CT molecular complexity index is 866. The second-order valence-electron chi connectivity index (χ2n) is 5.47. The van der Waals surface area contributed by atoms with Crippen LogP contribution in [0.3, 0.4) is 0 Å². The van der Waals surface area contributed by atoms with Crippen molar-refractivity contribution >= 4 is 11.7 Å². The highest BCUT2D eigenvalue weighted by atomic mass is 16.5. The summed E-state index contributed by atoms with van der Waals surface area (Å²) in [5.41, 5.74) is 2.69. The van der Waals surface area contributed by atoms with Gasteiger partial charge in [-0.05, 0) is 13.0 Å². The lowest BCUT2D eigenvalue weighted by atomic mass is 10.1. The summed E-state index contributed by atoms with van der Waals surface area (Å²) in [6.07, 6.45) is 3.55. The van der Waals surface area contributed by atoms with Crippen molar-refractivity contribution in [2.75, 3.05) is 12.4 Å². The van der Waals surface area contributed by atoms with E-state index in [1.54, 1.807) is 29.7 Å². The first-order valence-electron chi connectivity index (χ1n) is 7.53. The molecule has 0 bridgehead atoms. The average Bonchev–Trinajstić information content (AvgIpc) is 3.14. The van der Waals surface area contributed by atoms with E-state index in [1.165, 1.54) is 0 Å². The molecule has 0 aliphatic carbocycles. The van der Waals surface area contributed by atoms with Gasteiger partial charge in [0.2, 0.25) is 5.91 Å². The Hall–Kier alpha value is -3.09. The number of methoxy groups -OCH3 is 1. The normalized spacial score (nSPS) is 10.6. The maximum absolute atomic E-state index is 12.2. The van der Waals surface area contributed by atoms with Crippen molar-refractivity contribution in [1.29, 1.82) is 0 Å². The van der Waals surface area contributed by atoms with E-state index in [0.717, 1.165) is 22.6 Å². The van der Waals surface area contributed by atoms with E-state index in [2.05, 4.69) is 15.5 Å². The summed E-state index contributed by atoms with van der Waals surface area (Å²) in [6.45, 7) is 2.00. The van der Waals surface area contributed by atoms with Crippen LogP contribution in [-0.4, -0.2) is 32.6 Å². The number of carbonyl (C=O) groups excluding carboxylic acids is 1. The molecule has 0 fully saturated rings. The van der Waals surface area contributed by atoms with E-state index in [-0.39, 0.29) is 12.5 Å². The van der Waals surface area contributed by atoms with Gasteiger partial charge in [0.25, 0.3) is 0 Å². The molecule has 0 spiro atoms. The highest BCUT2D eigenvalue weighted by molar-refractivity contribution is 5.89. The molecule has 0 atom stereocenters. The van der Waals surface area contributed by atoms with E-state index in [9.17, 15) is 4.79 Å². The number of rotatable bonds is 5. The van der Waals surface area contributed by atoms with Crippen LogP contribution in [0.2, 0.25) is 0 Å². The minimum absolute atomic E-state index is 0.124. The lowest BCUT2D eigenvalue weighted by molar-refractivity contribution is -0.116. The van der Waals surface area contributed by atoms with Crippen molar-refractivity contribution < 1.29 is 9.53 Å². The Morgan fingerprint density at radius 1 is 1.33 bits per heavy atom. The summed E-state index contributed by atoms with van der Waals surface area (Å²) in [6, 6.07) is 9.52. The fourth-order valence-electron chi connectivity index (χ4n) is 2.53. The lowest BCUT2D eigenvalue weighted by Gasteiger charge is -2.06. The zero-order valence-electron chi connectivity index (χ0n) is 13.9. The molecule has 124 valence electrons. The number of benzene rings is 1. The molecule has 0 saturated heterocycles. The van der Waals surface area contributed by atoms with Crippen LogP contribution >= 0.6 is 0 Å². The van der Waals surface area contributed by atoms with Gasteiger partial charge in [0.05, 0.1) is 19.0 Å². The predicted molar refractivity (Wildman–Crippen MR) is 90.8 cm³/mol. The van der Waals surface area contributed by atoms with Crippen LogP contribution in [0.4, 0.5) is 5.82 Å². The monoisotopic (exact) mass is 325 g/mol. The Morgan fingerprint density at radius 2 is 2.12 bits per heavy atom. The van der Waals surface area contributed by atoms with E-state index < -0.39 is 0 Å². The van der Waals surface area contributed by atoms with Gasteiger partial charge in [0, 0.05) is 30.4 Å². The maximum atomic E-state index is 12.2. The highest BCUT2D eigenvalue weighted by Gasteiger charge is 2.11. The van der Waals surface area contributed by atoms with Crippen molar-refractivity contribution in [1.82, 2.24) is 19.6 Å². The maximum Gasteiger partial charge on any atom is 0.247 e. The molecular weight excluding hydrogens is 306 g/mol. The summed E-state index contributed by atoms with van der Waals surface area (Å²) in [4.78, 5) is 12.2. The number of aromatic nitrogens is 4. The Kier molecular flexibility index (Phi) is 4.33. The zero-order valence-corrected chi connectivity index (χ0v) is 13.9. The molecular formula is C17H19N5O2. The fourth-order valence-corrected chi connectivity index (χ4v) is 2.53. The van der Waals surface area contributed by atoms with Gasteiger partial charge in [-0.25, -0.2) is 0 Å². The van der Waals surface area contributed by atoms with E-state index in [1.807, 2.05) is 43.5 Å². The molecule has 2 heterocycles. The largest absolute Gasteiger partial charge is 0.496 e. The van der Waals surface area contributed by atoms with Crippen molar-refractivity contribution in [3.05, 3.63) is 48.4 Å². The second-order valence-corrected chi connectivity index (χ2v) is 5.47. The number of carbonyl (C=O) groups is 1. The third-order valence-corrected chi connectivity index (χ3v) is 3.63. The number of hydrogen-bond acceptors (Lipinski definition) is 4. The van der Waals surface area contributed by atoms with E-state index in [0.29, 0.717) is 5.82 Å². The minimum Gasteiger partial charge on any atom is -0.496 e. The van der Waals surface area contributed by atoms with Gasteiger partial charge in [0.15, 0.2) is 0 Å². The summed E-state index contributed by atoms with van der Waals surface area (Å²) < 4.78 is 8.59. The van der Waals surface area contributed by atoms with Crippen molar-refractivity contribution in [3.8, 4) is 16.9 Å². The van der Waals surface area contributed by atoms with Crippen LogP contribution in [0, 0.1) is 6.92 Å². The Morgan fingerprint density at radius 3 is 2.83 bits per heavy atom. The molecule has 1 amide bonds. The van der Waals surface area contributed by atoms with Crippen molar-refractivity contribution in [3.63, 3.8) is 0 Å². The third-order valence-electron chi connectivity index (χ3n) is 3.63. The van der Waals surface area contributed by atoms with Crippen molar-refractivity contribution in [2.24, 2.45) is 7.05 Å². The van der Waals surface area contributed by atoms with Crippen LogP contribution in [0.15, 0.2) is 42.7 Å². The number of aryl methyl sites for hydroxylation is 2. The first-order valence-corrected chi connectivity index (χ1v) is 7.53. The molecule has 0 aliphatic rings. The molecule has 24 heavy (non-hydrogen) atoms. The van der Waals surface area contributed by atoms with Gasteiger partial charge in [-0.3, -0.25) is 14.2 Å². The molecule has 3 rings (SSSR count). The number of nitrogens with one attached hydrogen (secondary N) is 1. The summed E-state index contributed by atoms with van der Waals surface area (Å²) >= 11 is 0. The van der Waals surface area contributed by atoms with Crippen LogP contribution in [-0.2, 0) is 18.4 Å². The molecule has 3 aromatic rings. The lowest BCUT2D eigenvalue weighted by Crippen LogP contribution is -2.20. The topological polar surface area (TPSA) is 74.0 Å². The van der Waals surface area contributed by atoms with Gasteiger partial charge in [-0.1, -0.05) is 18.2 Å². The highest BCUT2D eigenvalue weighted by Crippen LogP contribution is 2.28. The van der Waals surface area contributed by atoms with Gasteiger partial charge in [0.1, 0.15) is 18.1 Å². The average molecular weight is 325 g/mol. The number of para-hydroxylation sites is 1. The van der Waals surface area contributed by atoms with Gasteiger partial charge >= 0.3 is 0 Å². The van der Waals surface area contributed by atoms with Crippen LogP contribution in [0.5, 0.6) is 5.75 Å². The molecule has 1 N–H and O–H groups in total. The Balaban J connectivity index is 1.72. The van der Waals surface area contributed by atoms with Crippen LogP contribution in [0.25, 0.3) is 11.1 Å². The number of nitrogens with zero attached hydrogens (tertiary/aromatic N) is 4. The molecule has 1 aromatic carbocycles. The van der Waals surface area contributed by atoms with Gasteiger partial charge in [-0.15, -0.1) is 0 Å². The SMILES string of the molecule is COc1ccccc1-c1cnn(CC(=O)Nc2cc(C)nn2C)c1. The van der Waals surface area contributed by atoms with Crippen LogP contribution < -0.4 is 10.1 Å². The molecule has 0 aliphatic heterocycles. The fraction of sp³-hybridized carbons (Fsp3) is 0.235. The van der Waals surface area contributed by atoms with Gasteiger partial charge < -0.3 is 10.1 Å². The molecule has 0 unspecified atom stereocenters. The molecule has 7 heteroatoms. The standard InChI is InChI=1S/C17H19N5O2/c1-12-8-16(21(2)20-12)19-17(23)11-22-10-13(9-18-22)14-6-4-5-7-15(14)24-3/h4-10H,11H2,1-3H3,(H,19,23). The van der Waals surface area contributed by atoms with Crippen LogP contribution in [0.1, 0.15) is 5.69 Å². The summed E-state index contributed by atoms with van der Waals surface area (Å²) in [5.74, 6) is 1.27. The number of hydrogen-bond donors (Lipinski definition) is 1. The minimum atomic E-state index is -0.160. The number of ether oxygens (including phenoxy) is 1. The van der Waals surface area contributed by atoms with E-state index >= 15 is 0 Å². The third kappa shape index (κ3) is 3.29. The zero-order chi connectivity index (χ0) is 17.1. The molecule has 7 nitrogen and oxygen atoms in total. The van der Waals surface area contributed by atoms with E-state index in [4.69, 9.17) is 4.74 Å². The summed E-state index contributed by atoms with van der Waals surface area (Å²) in [7, 11) is 3.42. The van der Waals surface area contributed by atoms with Crippen molar-refractivity contribution in [2.45, 2.75) is 13.5 Å². The smallest absolute Gasteiger partial charge is 0.247 e.